The first kappa shape index (κ1) is 27.7. The van der Waals surface area contributed by atoms with Gasteiger partial charge in [0.05, 0.1) is 43.5 Å². The third-order valence-electron chi connectivity index (χ3n) is 5.36. The number of carbonyl (C=O) groups is 1. The Kier molecular flexibility index (Phi) is 10.5. The maximum Gasteiger partial charge on any atom is 0.240 e. The van der Waals surface area contributed by atoms with E-state index in [0.717, 1.165) is 36.5 Å². The van der Waals surface area contributed by atoms with Crippen LogP contribution in [-0.4, -0.2) is 77.1 Å². The van der Waals surface area contributed by atoms with Gasteiger partial charge in [0.1, 0.15) is 6.54 Å². The van der Waals surface area contributed by atoms with Crippen LogP contribution < -0.4 is 14.8 Å². The molecule has 186 valence electrons. The lowest BCUT2D eigenvalue weighted by molar-refractivity contribution is -0.890. The average molecular weight is 511 g/mol. The highest BCUT2D eigenvalue weighted by Crippen LogP contribution is 2.24. The van der Waals surface area contributed by atoms with E-state index in [1.807, 2.05) is 43.4 Å². The van der Waals surface area contributed by atoms with E-state index in [-0.39, 0.29) is 11.5 Å². The Labute approximate surface area is 205 Å². The first-order chi connectivity index (χ1) is 16.1. The molecule has 2 aromatic rings. The third kappa shape index (κ3) is 8.37. The number of nitrogens with one attached hydrogen (secondary N) is 1. The number of rotatable bonds is 10. The molecule has 1 aliphatic heterocycles. The monoisotopic (exact) mass is 510 g/mol. The van der Waals surface area contributed by atoms with Gasteiger partial charge in [-0.25, -0.2) is 13.1 Å². The van der Waals surface area contributed by atoms with Crippen molar-refractivity contribution in [3.8, 4) is 0 Å². The minimum absolute atomic E-state index is 0.118. The molecule has 11 heteroatoms. The number of carbonyl (C=O) groups excluding carboxylic acids is 1. The molecule has 1 aliphatic rings. The van der Waals surface area contributed by atoms with E-state index in [4.69, 9.17) is 26.6 Å². The predicted molar refractivity (Wildman–Crippen MR) is 131 cm³/mol. The van der Waals surface area contributed by atoms with Crippen molar-refractivity contribution in [2.24, 2.45) is 5.10 Å². The number of hydrazone groups is 1. The summed E-state index contributed by atoms with van der Waals surface area (Å²) in [5.74, 6) is 0. The second kappa shape index (κ2) is 12.8. The Morgan fingerprint density at radius 1 is 1.15 bits per heavy atom. The standard InChI is InChI=1S/C22H30ClN4O3S.CH2O2/c1-27(2,16-17-28)15-3-13-24-31(29,30)21-10-8-20(9-11-21)26-14-12-22(25-26)18-4-6-19(23)7-5-18;2-1-3/h4-11,24,28H,3,12-17H2,1-2H3;1H,(H,2,3)/q+1;/p-1. The van der Waals surface area contributed by atoms with Crippen LogP contribution in [0.25, 0.3) is 0 Å². The molecule has 2 N–H and O–H groups in total. The number of anilines is 1. The molecule has 1 heterocycles. The number of nitrogens with zero attached hydrogens (tertiary/aromatic N) is 3. The Balaban J connectivity index is 0.00000129. The molecule has 0 fully saturated rings. The van der Waals surface area contributed by atoms with Crippen molar-refractivity contribution in [3.05, 3.63) is 59.1 Å². The number of hydrogen-bond acceptors (Lipinski definition) is 7. The largest absolute Gasteiger partial charge is 0.554 e. The number of quaternary nitrogens is 1. The summed E-state index contributed by atoms with van der Waals surface area (Å²) in [6.07, 6.45) is 1.51. The van der Waals surface area contributed by atoms with Crippen LogP contribution in [0.15, 0.2) is 58.5 Å². The average Bonchev–Trinajstić information content (AvgIpc) is 3.28. The molecular formula is C23H31ClN4O5S. The van der Waals surface area contributed by atoms with Crippen molar-refractivity contribution < 1.29 is 27.9 Å². The lowest BCUT2D eigenvalue weighted by atomic mass is 10.1. The van der Waals surface area contributed by atoms with Crippen LogP contribution >= 0.6 is 11.6 Å². The Morgan fingerprint density at radius 3 is 2.35 bits per heavy atom. The summed E-state index contributed by atoms with van der Waals surface area (Å²) in [6, 6.07) is 14.4. The first-order valence-electron chi connectivity index (χ1n) is 10.8. The van der Waals surface area contributed by atoms with Crippen LogP contribution in [0.4, 0.5) is 5.69 Å². The highest BCUT2D eigenvalue weighted by molar-refractivity contribution is 7.89. The fourth-order valence-electron chi connectivity index (χ4n) is 3.47. The lowest BCUT2D eigenvalue weighted by Crippen LogP contribution is -2.43. The molecule has 2 aromatic carbocycles. The number of aliphatic hydroxyl groups is 1. The van der Waals surface area contributed by atoms with Crippen LogP contribution in [0.5, 0.6) is 0 Å². The minimum Gasteiger partial charge on any atom is -0.554 e. The SMILES string of the molecule is C[N+](C)(CCO)CCCNS(=O)(=O)c1ccc(N2CCC(c3ccc(Cl)cc3)=N2)cc1.O=C[O-]. The number of aliphatic hydroxyl groups excluding tert-OH is 1. The molecule has 0 aliphatic carbocycles. The van der Waals surface area contributed by atoms with Crippen LogP contribution in [-0.2, 0) is 14.8 Å². The van der Waals surface area contributed by atoms with Gasteiger partial charge < -0.3 is 19.5 Å². The van der Waals surface area contributed by atoms with E-state index in [0.29, 0.717) is 29.0 Å². The fourth-order valence-corrected chi connectivity index (χ4v) is 4.67. The number of sulfonamides is 1. The van der Waals surface area contributed by atoms with E-state index in [1.165, 1.54) is 0 Å². The first-order valence-corrected chi connectivity index (χ1v) is 12.7. The zero-order valence-corrected chi connectivity index (χ0v) is 20.9. The van der Waals surface area contributed by atoms with Crippen molar-refractivity contribution >= 4 is 39.5 Å². The molecule has 0 saturated heterocycles. The maximum atomic E-state index is 12.6. The van der Waals surface area contributed by atoms with Gasteiger partial charge in [-0.1, -0.05) is 23.7 Å². The molecule has 0 saturated carbocycles. The molecule has 34 heavy (non-hydrogen) atoms. The number of benzene rings is 2. The predicted octanol–water partition coefficient (Wildman–Crippen LogP) is 1.06. The summed E-state index contributed by atoms with van der Waals surface area (Å²) < 4.78 is 28.5. The van der Waals surface area contributed by atoms with Gasteiger partial charge in [0.2, 0.25) is 10.0 Å². The number of halogens is 1. The third-order valence-corrected chi connectivity index (χ3v) is 7.09. The van der Waals surface area contributed by atoms with E-state index in [9.17, 15) is 8.42 Å². The molecule has 0 unspecified atom stereocenters. The van der Waals surface area contributed by atoms with Gasteiger partial charge in [0.25, 0.3) is 0 Å². The van der Waals surface area contributed by atoms with Crippen molar-refractivity contribution in [2.75, 3.05) is 51.9 Å². The van der Waals surface area contributed by atoms with E-state index < -0.39 is 16.5 Å². The smallest absolute Gasteiger partial charge is 0.240 e. The van der Waals surface area contributed by atoms with Gasteiger partial charge in [0, 0.05) is 37.4 Å². The van der Waals surface area contributed by atoms with E-state index in [2.05, 4.69) is 9.82 Å². The van der Waals surface area contributed by atoms with E-state index >= 15 is 0 Å². The molecule has 0 spiro atoms. The van der Waals surface area contributed by atoms with Crippen LogP contribution in [0.1, 0.15) is 18.4 Å². The zero-order valence-electron chi connectivity index (χ0n) is 19.4. The molecule has 0 amide bonds. The summed E-state index contributed by atoms with van der Waals surface area (Å²) in [4.78, 5) is 8.49. The van der Waals surface area contributed by atoms with Crippen LogP contribution in [0.2, 0.25) is 5.02 Å². The minimum atomic E-state index is -3.56. The van der Waals surface area contributed by atoms with Gasteiger partial charge >= 0.3 is 0 Å². The van der Waals surface area contributed by atoms with Gasteiger partial charge in [-0.15, -0.1) is 0 Å². The van der Waals surface area contributed by atoms with Gasteiger partial charge in [-0.2, -0.15) is 5.10 Å². The molecular weight excluding hydrogens is 480 g/mol. The highest BCUT2D eigenvalue weighted by atomic mass is 35.5. The molecule has 9 nitrogen and oxygen atoms in total. The quantitative estimate of drug-likeness (QED) is 0.280. The molecule has 0 radical (unpaired) electrons. The molecule has 0 aromatic heterocycles. The summed E-state index contributed by atoms with van der Waals surface area (Å²) in [5, 5.41) is 24.6. The van der Waals surface area contributed by atoms with E-state index in [1.54, 1.807) is 24.3 Å². The molecule has 3 rings (SSSR count). The Bertz CT molecular complexity index is 1060. The highest BCUT2D eigenvalue weighted by Gasteiger charge is 2.20. The van der Waals surface area contributed by atoms with Crippen molar-refractivity contribution in [2.45, 2.75) is 17.7 Å². The normalized spacial score (nSPS) is 13.8. The van der Waals surface area contributed by atoms with Crippen LogP contribution in [0.3, 0.4) is 0 Å². The van der Waals surface area contributed by atoms with Crippen molar-refractivity contribution in [1.82, 2.24) is 4.72 Å². The molecule has 0 bridgehead atoms. The maximum absolute atomic E-state index is 12.6. The molecule has 0 atom stereocenters. The van der Waals surface area contributed by atoms with Crippen molar-refractivity contribution in [1.29, 1.82) is 0 Å². The summed E-state index contributed by atoms with van der Waals surface area (Å²) >= 11 is 5.95. The van der Waals surface area contributed by atoms with Crippen molar-refractivity contribution in [3.63, 3.8) is 0 Å². The zero-order chi connectivity index (χ0) is 25.2. The summed E-state index contributed by atoms with van der Waals surface area (Å²) in [7, 11) is 0.471. The lowest BCUT2D eigenvalue weighted by Gasteiger charge is -2.28. The number of likely N-dealkylation sites (N-methyl/N-ethyl adjacent to an activating group) is 1. The number of carboxylic acid groups (broad SMARTS) is 1. The fraction of sp³-hybridized carbons (Fsp3) is 0.391. The van der Waals surface area contributed by atoms with Gasteiger partial charge in [0.15, 0.2) is 0 Å². The second-order valence-electron chi connectivity index (χ2n) is 8.37. The summed E-state index contributed by atoms with van der Waals surface area (Å²) in [5.41, 5.74) is 2.87. The second-order valence-corrected chi connectivity index (χ2v) is 10.6. The number of hydrogen-bond donors (Lipinski definition) is 2. The van der Waals surface area contributed by atoms with Crippen LogP contribution in [0, 0.1) is 0 Å². The summed E-state index contributed by atoms with van der Waals surface area (Å²) in [6.45, 7) is 2.15. The Morgan fingerprint density at radius 2 is 1.76 bits per heavy atom. The van der Waals surface area contributed by atoms with Gasteiger partial charge in [-0.05, 0) is 42.0 Å². The topological polar surface area (TPSA) is 122 Å². The van der Waals surface area contributed by atoms with Gasteiger partial charge in [-0.3, -0.25) is 5.01 Å². The Hall–Kier alpha value is -2.50.